The van der Waals surface area contributed by atoms with E-state index in [9.17, 15) is 9.59 Å². The van der Waals surface area contributed by atoms with Crippen molar-refractivity contribution in [2.75, 3.05) is 5.32 Å². The number of aryl methyl sites for hydroxylation is 1. The van der Waals surface area contributed by atoms with Crippen LogP contribution in [0.5, 0.6) is 0 Å². The third kappa shape index (κ3) is 3.60. The molecule has 0 atom stereocenters. The number of anilines is 1. The maximum Gasteiger partial charge on any atom is 0.272 e. The molecule has 5 aromatic rings. The number of rotatable bonds is 4. The molecule has 1 amide bonds. The summed E-state index contributed by atoms with van der Waals surface area (Å²) in [6, 6.07) is 23.0. The average Bonchev–Trinajstić information content (AvgIpc) is 3.16. The van der Waals surface area contributed by atoms with Crippen molar-refractivity contribution in [1.82, 2.24) is 14.5 Å². The maximum absolute atomic E-state index is 13.2. The predicted octanol–water partition coefficient (Wildman–Crippen LogP) is 4.62. The second-order valence-electron chi connectivity index (χ2n) is 7.16. The minimum Gasteiger partial charge on any atom is -0.325 e. The third-order valence-electron chi connectivity index (χ3n) is 5.06. The van der Waals surface area contributed by atoms with Gasteiger partial charge in [0.1, 0.15) is 21.9 Å². The zero-order valence-corrected chi connectivity index (χ0v) is 17.5. The van der Waals surface area contributed by atoms with Crippen molar-refractivity contribution in [3.63, 3.8) is 0 Å². The van der Waals surface area contributed by atoms with Crippen LogP contribution >= 0.6 is 11.3 Å². The Labute approximate surface area is 181 Å². The van der Waals surface area contributed by atoms with Crippen LogP contribution in [0.2, 0.25) is 0 Å². The number of amides is 1. The largest absolute Gasteiger partial charge is 0.325 e. The number of aromatic nitrogens is 3. The molecular weight excluding hydrogens is 408 g/mol. The molecule has 0 unspecified atom stereocenters. The molecule has 6 nitrogen and oxygen atoms in total. The summed E-state index contributed by atoms with van der Waals surface area (Å²) >= 11 is 1.31. The fourth-order valence-corrected chi connectivity index (χ4v) is 4.60. The van der Waals surface area contributed by atoms with Crippen LogP contribution in [-0.4, -0.2) is 20.4 Å². The van der Waals surface area contributed by atoms with Gasteiger partial charge in [-0.3, -0.25) is 14.2 Å². The van der Waals surface area contributed by atoms with Crippen molar-refractivity contribution in [2.45, 2.75) is 13.5 Å². The number of nitrogens with one attached hydrogen (secondary N) is 1. The summed E-state index contributed by atoms with van der Waals surface area (Å²) in [6.45, 7) is 1.64. The Balaban J connectivity index is 1.54. The van der Waals surface area contributed by atoms with Crippen molar-refractivity contribution in [1.29, 1.82) is 0 Å². The van der Waals surface area contributed by atoms with Crippen LogP contribution < -0.4 is 10.9 Å². The van der Waals surface area contributed by atoms with Gasteiger partial charge in [-0.05, 0) is 31.2 Å². The summed E-state index contributed by atoms with van der Waals surface area (Å²) in [5.41, 5.74) is 2.95. The smallest absolute Gasteiger partial charge is 0.272 e. The number of hydrogen-bond acceptors (Lipinski definition) is 5. The van der Waals surface area contributed by atoms with Crippen LogP contribution in [0.1, 0.15) is 5.82 Å². The Hall–Kier alpha value is -3.84. The Morgan fingerprint density at radius 2 is 1.68 bits per heavy atom. The Kier molecular flexibility index (Phi) is 4.80. The molecule has 0 bridgehead atoms. The highest BCUT2D eigenvalue weighted by molar-refractivity contribution is 7.25. The van der Waals surface area contributed by atoms with Crippen LogP contribution in [0.15, 0.2) is 77.6 Å². The number of carbonyl (C=O) groups excluding carboxylic acids is 1. The quantitative estimate of drug-likeness (QED) is 0.455. The Morgan fingerprint density at radius 1 is 0.968 bits per heavy atom. The third-order valence-corrected chi connectivity index (χ3v) is 6.14. The summed E-state index contributed by atoms with van der Waals surface area (Å²) < 4.78 is 1.92. The van der Waals surface area contributed by atoms with Gasteiger partial charge < -0.3 is 5.32 Å². The molecule has 152 valence electrons. The van der Waals surface area contributed by atoms with E-state index in [1.165, 1.54) is 15.9 Å². The van der Waals surface area contributed by atoms with Crippen LogP contribution in [-0.2, 0) is 11.3 Å². The highest BCUT2D eigenvalue weighted by Crippen LogP contribution is 2.31. The van der Waals surface area contributed by atoms with E-state index < -0.39 is 0 Å². The molecule has 31 heavy (non-hydrogen) atoms. The fourth-order valence-electron chi connectivity index (χ4n) is 3.53. The second kappa shape index (κ2) is 7.77. The first-order valence-electron chi connectivity index (χ1n) is 9.81. The SMILES string of the molecule is Cc1nc2c(sc3nc(-c4ccccc4)ccc32)c(=O)n1CC(=O)Nc1ccccc1. The molecule has 0 fully saturated rings. The minimum atomic E-state index is -0.275. The van der Waals surface area contributed by atoms with E-state index in [1.54, 1.807) is 19.1 Å². The van der Waals surface area contributed by atoms with Crippen molar-refractivity contribution in [2.24, 2.45) is 0 Å². The van der Waals surface area contributed by atoms with E-state index in [0.29, 0.717) is 21.7 Å². The molecular formula is C24H18N4O2S. The number of fused-ring (bicyclic) bond motifs is 3. The lowest BCUT2D eigenvalue weighted by molar-refractivity contribution is -0.116. The number of hydrogen-bond donors (Lipinski definition) is 1. The Morgan fingerprint density at radius 3 is 2.42 bits per heavy atom. The van der Waals surface area contributed by atoms with Crippen molar-refractivity contribution < 1.29 is 4.79 Å². The molecule has 0 aliphatic rings. The minimum absolute atomic E-state index is 0.0978. The first-order chi connectivity index (χ1) is 15.1. The van der Waals surface area contributed by atoms with E-state index in [-0.39, 0.29) is 18.0 Å². The molecule has 2 aromatic carbocycles. The van der Waals surface area contributed by atoms with E-state index in [4.69, 9.17) is 4.98 Å². The summed E-state index contributed by atoms with van der Waals surface area (Å²) in [4.78, 5) is 35.8. The first kappa shape index (κ1) is 19.1. The number of nitrogens with zero attached hydrogens (tertiary/aromatic N) is 3. The van der Waals surface area contributed by atoms with Crippen LogP contribution in [0.3, 0.4) is 0 Å². The van der Waals surface area contributed by atoms with Crippen LogP contribution in [0, 0.1) is 6.92 Å². The van der Waals surface area contributed by atoms with Crippen molar-refractivity contribution in [3.05, 3.63) is 89.0 Å². The van der Waals surface area contributed by atoms with Crippen molar-refractivity contribution >= 4 is 43.4 Å². The lowest BCUT2D eigenvalue weighted by Gasteiger charge is -2.10. The summed E-state index contributed by atoms with van der Waals surface area (Å²) in [7, 11) is 0. The molecule has 3 heterocycles. The first-order valence-corrected chi connectivity index (χ1v) is 10.6. The van der Waals surface area contributed by atoms with Gasteiger partial charge in [0, 0.05) is 16.6 Å². The van der Waals surface area contributed by atoms with Gasteiger partial charge in [0.05, 0.1) is 11.2 Å². The number of benzene rings is 2. The topological polar surface area (TPSA) is 76.9 Å². The summed E-state index contributed by atoms with van der Waals surface area (Å²) in [6.07, 6.45) is 0. The van der Waals surface area contributed by atoms with E-state index in [1.807, 2.05) is 60.7 Å². The van der Waals surface area contributed by atoms with Gasteiger partial charge >= 0.3 is 0 Å². The molecule has 3 aromatic heterocycles. The molecule has 0 radical (unpaired) electrons. The number of pyridine rings is 1. The Bertz CT molecular complexity index is 1470. The number of thiophene rings is 1. The van der Waals surface area contributed by atoms with Crippen LogP contribution in [0.25, 0.3) is 31.7 Å². The molecule has 5 rings (SSSR count). The van der Waals surface area contributed by atoms with Gasteiger partial charge in [-0.15, -0.1) is 11.3 Å². The van der Waals surface area contributed by atoms with Crippen LogP contribution in [0.4, 0.5) is 5.69 Å². The zero-order chi connectivity index (χ0) is 21.4. The normalized spacial score (nSPS) is 11.1. The van der Waals surface area contributed by atoms with Gasteiger partial charge in [0.2, 0.25) is 5.91 Å². The maximum atomic E-state index is 13.2. The number of para-hydroxylation sites is 1. The summed E-state index contributed by atoms with van der Waals surface area (Å²) in [5.74, 6) is 0.218. The molecule has 0 saturated carbocycles. The standard InChI is InChI=1S/C24H18N4O2S/c1-15-25-21-18-12-13-19(16-8-4-2-5-9-16)27-23(18)31-22(21)24(30)28(15)14-20(29)26-17-10-6-3-7-11-17/h2-13H,14H2,1H3,(H,26,29). The van der Waals surface area contributed by atoms with Crippen molar-refractivity contribution in [3.8, 4) is 11.3 Å². The molecule has 0 aliphatic carbocycles. The monoisotopic (exact) mass is 426 g/mol. The average molecular weight is 427 g/mol. The predicted molar refractivity (Wildman–Crippen MR) is 124 cm³/mol. The number of carbonyl (C=O) groups is 1. The van der Waals surface area contributed by atoms with Gasteiger partial charge in [-0.1, -0.05) is 48.5 Å². The van der Waals surface area contributed by atoms with Gasteiger partial charge in [0.15, 0.2) is 0 Å². The second-order valence-corrected chi connectivity index (χ2v) is 8.16. The molecule has 7 heteroatoms. The lowest BCUT2D eigenvalue weighted by Crippen LogP contribution is -2.29. The zero-order valence-electron chi connectivity index (χ0n) is 16.7. The molecule has 0 aliphatic heterocycles. The van der Waals surface area contributed by atoms with E-state index in [2.05, 4.69) is 10.3 Å². The van der Waals surface area contributed by atoms with Gasteiger partial charge in [0.25, 0.3) is 5.56 Å². The molecule has 0 saturated heterocycles. The summed E-state index contributed by atoms with van der Waals surface area (Å²) in [5, 5.41) is 3.66. The fraction of sp³-hybridized carbons (Fsp3) is 0.0833. The molecule has 1 N–H and O–H groups in total. The molecule has 0 spiro atoms. The van der Waals surface area contributed by atoms with Gasteiger partial charge in [-0.25, -0.2) is 9.97 Å². The highest BCUT2D eigenvalue weighted by Gasteiger charge is 2.17. The van der Waals surface area contributed by atoms with E-state index in [0.717, 1.165) is 21.5 Å². The van der Waals surface area contributed by atoms with E-state index >= 15 is 0 Å². The lowest BCUT2D eigenvalue weighted by atomic mass is 10.1. The highest BCUT2D eigenvalue weighted by atomic mass is 32.1. The van der Waals surface area contributed by atoms with Gasteiger partial charge in [-0.2, -0.15) is 0 Å².